The Morgan fingerprint density at radius 1 is 1.14 bits per heavy atom. The summed E-state index contributed by atoms with van der Waals surface area (Å²) in [7, 11) is 1.84. The second-order valence-electron chi connectivity index (χ2n) is 4.19. The minimum absolute atomic E-state index is 0.0489. The molecule has 0 aliphatic heterocycles. The molecule has 0 heterocycles. The summed E-state index contributed by atoms with van der Waals surface area (Å²) in [5.74, 6) is -0.966. The van der Waals surface area contributed by atoms with E-state index >= 15 is 0 Å². The molecule has 2 aromatic carbocycles. The van der Waals surface area contributed by atoms with E-state index in [-0.39, 0.29) is 11.3 Å². The van der Waals surface area contributed by atoms with Crippen LogP contribution in [0.5, 0.6) is 0 Å². The van der Waals surface area contributed by atoms with Gasteiger partial charge in [-0.3, -0.25) is 10.1 Å². The molecule has 6 nitrogen and oxygen atoms in total. The van der Waals surface area contributed by atoms with Gasteiger partial charge >= 0.3 is 5.97 Å². The van der Waals surface area contributed by atoms with E-state index < -0.39 is 10.9 Å². The molecule has 0 amide bonds. The van der Waals surface area contributed by atoms with Gasteiger partial charge in [-0.1, -0.05) is 0 Å². The van der Waals surface area contributed by atoms with Crippen LogP contribution in [0.1, 0.15) is 10.4 Å². The number of anilines is 1. The number of carbonyl (C=O) groups is 1. The Morgan fingerprint density at radius 2 is 1.71 bits per heavy atom. The molecule has 2 rings (SSSR count). The van der Waals surface area contributed by atoms with E-state index in [1.807, 2.05) is 11.4 Å². The van der Waals surface area contributed by atoms with Gasteiger partial charge in [-0.25, -0.2) is 4.79 Å². The molecule has 0 unspecified atom stereocenters. The molecule has 0 atom stereocenters. The topological polar surface area (TPSA) is 83.7 Å². The lowest BCUT2D eigenvalue weighted by Crippen LogP contribution is -2.06. The summed E-state index contributed by atoms with van der Waals surface area (Å²) in [6, 6.07) is 12.7. The zero-order chi connectivity index (χ0) is 15.4. The Kier molecular flexibility index (Phi) is 4.44. The van der Waals surface area contributed by atoms with E-state index in [1.165, 1.54) is 36.2 Å². The maximum Gasteiger partial charge on any atom is 0.335 e. The van der Waals surface area contributed by atoms with E-state index in [1.54, 1.807) is 24.3 Å². The van der Waals surface area contributed by atoms with E-state index in [9.17, 15) is 14.9 Å². The second kappa shape index (κ2) is 6.27. The molecule has 0 saturated carbocycles. The highest BCUT2D eigenvalue weighted by Crippen LogP contribution is 2.28. The number of hydrogen-bond donors (Lipinski definition) is 1. The van der Waals surface area contributed by atoms with Crippen molar-refractivity contribution in [2.75, 3.05) is 11.4 Å². The van der Waals surface area contributed by atoms with Gasteiger partial charge in [-0.15, -0.1) is 0 Å². The molecule has 0 spiro atoms. The Bertz CT molecular complexity index is 656. The molecular weight excluding hydrogens is 292 g/mol. The third-order valence-electron chi connectivity index (χ3n) is 2.77. The Balaban J connectivity index is 2.08. The van der Waals surface area contributed by atoms with Crippen molar-refractivity contribution >= 4 is 29.3 Å². The molecule has 0 radical (unpaired) electrons. The van der Waals surface area contributed by atoms with E-state index in [0.717, 1.165) is 10.6 Å². The van der Waals surface area contributed by atoms with Crippen LogP contribution in [0.4, 0.5) is 11.4 Å². The number of nitrogens with zero attached hydrogens (tertiary/aromatic N) is 2. The average Bonchev–Trinajstić information content (AvgIpc) is 2.47. The largest absolute Gasteiger partial charge is 0.478 e. The molecule has 0 aromatic heterocycles. The van der Waals surface area contributed by atoms with Gasteiger partial charge in [0.25, 0.3) is 5.69 Å². The monoisotopic (exact) mass is 304 g/mol. The first-order valence-corrected chi connectivity index (χ1v) is 6.74. The Labute approximate surface area is 125 Å². The molecule has 0 aliphatic carbocycles. The van der Waals surface area contributed by atoms with Crippen LogP contribution in [0.25, 0.3) is 0 Å². The van der Waals surface area contributed by atoms with Gasteiger partial charge in [-0.05, 0) is 48.3 Å². The smallest absolute Gasteiger partial charge is 0.335 e. The van der Waals surface area contributed by atoms with E-state index in [0.29, 0.717) is 0 Å². The summed E-state index contributed by atoms with van der Waals surface area (Å²) in [6.07, 6.45) is 0. The first kappa shape index (κ1) is 14.9. The minimum Gasteiger partial charge on any atom is -0.478 e. The fourth-order valence-corrected chi connectivity index (χ4v) is 2.45. The number of non-ortho nitro benzene ring substituents is 1. The van der Waals surface area contributed by atoms with Crippen LogP contribution in [0.2, 0.25) is 0 Å². The number of benzene rings is 2. The molecule has 108 valence electrons. The number of carboxylic acids is 1. The quantitative estimate of drug-likeness (QED) is 0.517. The van der Waals surface area contributed by atoms with Crippen LogP contribution < -0.4 is 4.31 Å². The maximum absolute atomic E-state index is 10.8. The number of aromatic carboxylic acids is 1. The highest BCUT2D eigenvalue weighted by molar-refractivity contribution is 8.00. The normalized spacial score (nSPS) is 10.1. The summed E-state index contributed by atoms with van der Waals surface area (Å²) < 4.78 is 1.85. The summed E-state index contributed by atoms with van der Waals surface area (Å²) in [5.41, 5.74) is 1.11. The van der Waals surface area contributed by atoms with Gasteiger partial charge < -0.3 is 9.41 Å². The fraction of sp³-hybridized carbons (Fsp3) is 0.0714. The van der Waals surface area contributed by atoms with Crippen LogP contribution in [-0.4, -0.2) is 23.0 Å². The van der Waals surface area contributed by atoms with Gasteiger partial charge in [-0.2, -0.15) is 0 Å². The fourth-order valence-electron chi connectivity index (χ4n) is 1.65. The number of carboxylic acid groups (broad SMARTS) is 1. The van der Waals surface area contributed by atoms with Crippen LogP contribution in [0.3, 0.4) is 0 Å². The van der Waals surface area contributed by atoms with Crippen LogP contribution in [0, 0.1) is 10.1 Å². The Morgan fingerprint density at radius 3 is 2.19 bits per heavy atom. The third-order valence-corrected chi connectivity index (χ3v) is 3.74. The van der Waals surface area contributed by atoms with Crippen molar-refractivity contribution in [3.8, 4) is 0 Å². The summed E-state index contributed by atoms with van der Waals surface area (Å²) in [5, 5.41) is 19.4. The average molecular weight is 304 g/mol. The molecule has 7 heteroatoms. The predicted molar refractivity (Wildman–Crippen MR) is 80.8 cm³/mol. The van der Waals surface area contributed by atoms with Crippen molar-refractivity contribution in [1.29, 1.82) is 0 Å². The first-order valence-electron chi connectivity index (χ1n) is 5.97. The van der Waals surface area contributed by atoms with Gasteiger partial charge in [0.05, 0.1) is 10.5 Å². The minimum atomic E-state index is -0.966. The van der Waals surface area contributed by atoms with Gasteiger partial charge in [0, 0.05) is 29.8 Å². The Hall–Kier alpha value is -2.54. The van der Waals surface area contributed by atoms with Crippen LogP contribution in [-0.2, 0) is 0 Å². The molecule has 0 aliphatic rings. The van der Waals surface area contributed by atoms with Crippen molar-refractivity contribution in [2.24, 2.45) is 0 Å². The van der Waals surface area contributed by atoms with Crippen molar-refractivity contribution in [3.63, 3.8) is 0 Å². The molecular formula is C14H12N2O4S. The number of nitro benzene ring substituents is 1. The highest BCUT2D eigenvalue weighted by Gasteiger charge is 2.08. The van der Waals surface area contributed by atoms with E-state index in [4.69, 9.17) is 5.11 Å². The zero-order valence-electron chi connectivity index (χ0n) is 11.1. The maximum atomic E-state index is 10.8. The molecule has 0 saturated heterocycles. The lowest BCUT2D eigenvalue weighted by molar-refractivity contribution is -0.384. The van der Waals surface area contributed by atoms with Gasteiger partial charge in [0.1, 0.15) is 0 Å². The third kappa shape index (κ3) is 3.73. The first-order chi connectivity index (χ1) is 9.97. The molecule has 2 aromatic rings. The zero-order valence-corrected chi connectivity index (χ0v) is 11.9. The molecule has 0 bridgehead atoms. The molecule has 1 N–H and O–H groups in total. The lowest BCUT2D eigenvalue weighted by Gasteiger charge is -2.17. The van der Waals surface area contributed by atoms with Crippen molar-refractivity contribution in [3.05, 3.63) is 64.2 Å². The summed E-state index contributed by atoms with van der Waals surface area (Å²) in [4.78, 5) is 21.8. The van der Waals surface area contributed by atoms with Gasteiger partial charge in [0.15, 0.2) is 0 Å². The second-order valence-corrected chi connectivity index (χ2v) is 5.39. The predicted octanol–water partition coefficient (Wildman–Crippen LogP) is 3.44. The van der Waals surface area contributed by atoms with Crippen molar-refractivity contribution < 1.29 is 14.8 Å². The highest BCUT2D eigenvalue weighted by atomic mass is 32.2. The summed E-state index contributed by atoms with van der Waals surface area (Å²) >= 11 is 1.39. The lowest BCUT2D eigenvalue weighted by atomic mass is 10.2. The van der Waals surface area contributed by atoms with Crippen LogP contribution >= 0.6 is 11.9 Å². The van der Waals surface area contributed by atoms with Crippen molar-refractivity contribution in [1.82, 2.24) is 0 Å². The molecule has 0 fully saturated rings. The number of nitro groups is 1. The van der Waals surface area contributed by atoms with E-state index in [2.05, 4.69) is 0 Å². The SMILES string of the molecule is CN(Sc1ccc([N+](=O)[O-])cc1)c1ccc(C(=O)O)cc1. The number of rotatable bonds is 5. The van der Waals surface area contributed by atoms with Gasteiger partial charge in [0.2, 0.25) is 0 Å². The standard InChI is InChI=1S/C14H12N2O4S/c1-15(11-4-2-10(3-5-11)14(17)18)21-13-8-6-12(7-9-13)16(19)20/h2-9H,1H3,(H,17,18). The van der Waals surface area contributed by atoms with Crippen LogP contribution in [0.15, 0.2) is 53.4 Å². The summed E-state index contributed by atoms with van der Waals surface area (Å²) in [6.45, 7) is 0. The number of hydrogen-bond acceptors (Lipinski definition) is 5. The van der Waals surface area contributed by atoms with Crippen molar-refractivity contribution in [2.45, 2.75) is 4.90 Å². The molecule has 21 heavy (non-hydrogen) atoms.